The summed E-state index contributed by atoms with van der Waals surface area (Å²) in [7, 11) is 1.93. The highest BCUT2D eigenvalue weighted by Crippen LogP contribution is 2.29. The van der Waals surface area contributed by atoms with E-state index in [0.717, 1.165) is 17.1 Å². The predicted octanol–water partition coefficient (Wildman–Crippen LogP) is 3.14. The first-order chi connectivity index (χ1) is 12.3. The Morgan fingerprint density at radius 1 is 1.08 bits per heavy atom. The van der Waals surface area contributed by atoms with Crippen molar-refractivity contribution in [3.05, 3.63) is 67.1 Å². The van der Waals surface area contributed by atoms with Crippen molar-refractivity contribution in [2.75, 3.05) is 5.32 Å². The molecule has 7 heteroatoms. The van der Waals surface area contributed by atoms with Gasteiger partial charge in [0.25, 0.3) is 0 Å². The van der Waals surface area contributed by atoms with E-state index >= 15 is 0 Å². The lowest BCUT2D eigenvalue weighted by molar-refractivity contribution is 0.580. The lowest BCUT2D eigenvalue weighted by Crippen LogP contribution is -2.06. The average Bonchev–Trinajstić information content (AvgIpc) is 3.32. The lowest BCUT2D eigenvalue weighted by Gasteiger charge is -2.10. The highest BCUT2D eigenvalue weighted by atomic mass is 16.3. The Labute approximate surface area is 144 Å². The summed E-state index contributed by atoms with van der Waals surface area (Å²) in [5, 5.41) is 3.20. The molecule has 1 N–H and O–H groups in total. The zero-order chi connectivity index (χ0) is 17.1. The maximum Gasteiger partial charge on any atom is 0.223 e. The van der Waals surface area contributed by atoms with Gasteiger partial charge in [-0.15, -0.1) is 0 Å². The molecule has 0 bridgehead atoms. The minimum Gasteiger partial charge on any atom is -0.463 e. The van der Waals surface area contributed by atoms with Gasteiger partial charge >= 0.3 is 0 Å². The van der Waals surface area contributed by atoms with E-state index in [1.165, 1.54) is 0 Å². The first-order valence-electron chi connectivity index (χ1n) is 7.83. The molecule has 7 nitrogen and oxygen atoms in total. The summed E-state index contributed by atoms with van der Waals surface area (Å²) in [5.41, 5.74) is 2.42. The van der Waals surface area contributed by atoms with Crippen LogP contribution < -0.4 is 5.32 Å². The number of nitrogens with zero attached hydrogens (tertiary/aromatic N) is 5. The number of imidazole rings is 1. The monoisotopic (exact) mass is 332 g/mol. The van der Waals surface area contributed by atoms with Crippen LogP contribution in [0.2, 0.25) is 0 Å². The maximum atomic E-state index is 5.55. The van der Waals surface area contributed by atoms with Crippen molar-refractivity contribution in [3.8, 4) is 22.8 Å². The van der Waals surface area contributed by atoms with E-state index in [4.69, 9.17) is 4.42 Å². The number of furan rings is 1. The topological polar surface area (TPSA) is 81.7 Å². The van der Waals surface area contributed by atoms with Crippen LogP contribution in [0, 0.1) is 0 Å². The molecule has 0 amide bonds. The van der Waals surface area contributed by atoms with E-state index in [1.807, 2.05) is 48.1 Å². The maximum absolute atomic E-state index is 5.55. The molecule has 4 heterocycles. The van der Waals surface area contributed by atoms with E-state index < -0.39 is 0 Å². The summed E-state index contributed by atoms with van der Waals surface area (Å²) >= 11 is 0. The highest BCUT2D eigenvalue weighted by molar-refractivity contribution is 5.75. The number of nitrogens with one attached hydrogen (secondary N) is 1. The lowest BCUT2D eigenvalue weighted by atomic mass is 10.2. The van der Waals surface area contributed by atoms with E-state index in [9.17, 15) is 0 Å². The van der Waals surface area contributed by atoms with Gasteiger partial charge in [0, 0.05) is 31.8 Å². The van der Waals surface area contributed by atoms with Gasteiger partial charge in [-0.05, 0) is 24.3 Å². The van der Waals surface area contributed by atoms with Crippen LogP contribution in [-0.4, -0.2) is 24.5 Å². The molecule has 0 saturated heterocycles. The first-order valence-corrected chi connectivity index (χ1v) is 7.83. The molecule has 0 aliphatic rings. The van der Waals surface area contributed by atoms with Gasteiger partial charge in [-0.2, -0.15) is 0 Å². The smallest absolute Gasteiger partial charge is 0.223 e. The summed E-state index contributed by atoms with van der Waals surface area (Å²) in [5.74, 6) is 1.96. The molecule has 0 spiro atoms. The number of pyridine rings is 1. The fourth-order valence-corrected chi connectivity index (χ4v) is 2.53. The Kier molecular flexibility index (Phi) is 3.96. The summed E-state index contributed by atoms with van der Waals surface area (Å²) in [4.78, 5) is 17.7. The molecule has 4 aromatic heterocycles. The number of aryl methyl sites for hydroxylation is 1. The summed E-state index contributed by atoms with van der Waals surface area (Å²) in [6.45, 7) is 0.542. The minimum atomic E-state index is 0.509. The average molecular weight is 332 g/mol. The van der Waals surface area contributed by atoms with E-state index in [1.54, 1.807) is 24.9 Å². The van der Waals surface area contributed by atoms with Gasteiger partial charge in [0.2, 0.25) is 5.95 Å². The van der Waals surface area contributed by atoms with Crippen LogP contribution in [0.15, 0.2) is 65.8 Å². The molecule has 0 radical (unpaired) electrons. The Hall–Kier alpha value is -3.48. The van der Waals surface area contributed by atoms with Gasteiger partial charge in [0.1, 0.15) is 11.5 Å². The second-order valence-corrected chi connectivity index (χ2v) is 5.47. The molecular weight excluding hydrogens is 316 g/mol. The zero-order valence-electron chi connectivity index (χ0n) is 13.6. The Morgan fingerprint density at radius 3 is 2.76 bits per heavy atom. The van der Waals surface area contributed by atoms with Crippen molar-refractivity contribution in [2.45, 2.75) is 6.54 Å². The van der Waals surface area contributed by atoms with Crippen LogP contribution in [0.1, 0.15) is 5.69 Å². The van der Waals surface area contributed by atoms with E-state index in [0.29, 0.717) is 23.9 Å². The Morgan fingerprint density at radius 2 is 2.04 bits per heavy atom. The molecule has 25 heavy (non-hydrogen) atoms. The predicted molar refractivity (Wildman–Crippen MR) is 93.5 cm³/mol. The third kappa shape index (κ3) is 3.12. The van der Waals surface area contributed by atoms with Crippen molar-refractivity contribution >= 4 is 5.95 Å². The molecule has 124 valence electrons. The van der Waals surface area contributed by atoms with Crippen LogP contribution in [0.5, 0.6) is 0 Å². The standard InChI is InChI=1S/C18H16N6O/c1-24-9-8-20-17(24)14-12-22-18(21-11-13-5-2-3-7-19-13)23-16(14)15-6-4-10-25-15/h2-10,12H,11H2,1H3,(H,21,22,23). The van der Waals surface area contributed by atoms with Crippen molar-refractivity contribution < 1.29 is 4.42 Å². The largest absolute Gasteiger partial charge is 0.463 e. The molecule has 0 saturated carbocycles. The number of aromatic nitrogens is 5. The highest BCUT2D eigenvalue weighted by Gasteiger charge is 2.16. The zero-order valence-corrected chi connectivity index (χ0v) is 13.6. The van der Waals surface area contributed by atoms with Crippen molar-refractivity contribution in [3.63, 3.8) is 0 Å². The van der Waals surface area contributed by atoms with Crippen LogP contribution in [-0.2, 0) is 13.6 Å². The second kappa shape index (κ2) is 6.56. The minimum absolute atomic E-state index is 0.509. The van der Waals surface area contributed by atoms with Gasteiger partial charge in [0.15, 0.2) is 5.76 Å². The van der Waals surface area contributed by atoms with Gasteiger partial charge < -0.3 is 14.3 Å². The fourth-order valence-electron chi connectivity index (χ4n) is 2.53. The molecule has 4 aromatic rings. The van der Waals surface area contributed by atoms with Crippen LogP contribution in [0.25, 0.3) is 22.8 Å². The fraction of sp³-hybridized carbons (Fsp3) is 0.111. The molecule has 0 fully saturated rings. The summed E-state index contributed by atoms with van der Waals surface area (Å²) in [6.07, 6.45) is 8.77. The third-order valence-corrected chi connectivity index (χ3v) is 3.76. The number of hydrogen-bond acceptors (Lipinski definition) is 6. The molecule has 0 aliphatic heterocycles. The van der Waals surface area contributed by atoms with Crippen LogP contribution in [0.3, 0.4) is 0 Å². The normalized spacial score (nSPS) is 10.8. The van der Waals surface area contributed by atoms with Gasteiger partial charge in [-0.1, -0.05) is 6.07 Å². The number of hydrogen-bond donors (Lipinski definition) is 1. The van der Waals surface area contributed by atoms with Crippen LogP contribution >= 0.6 is 0 Å². The molecule has 4 rings (SSSR count). The summed E-state index contributed by atoms with van der Waals surface area (Å²) < 4.78 is 7.47. The molecule has 0 aliphatic carbocycles. The van der Waals surface area contributed by atoms with Gasteiger partial charge in [-0.3, -0.25) is 4.98 Å². The Balaban J connectivity index is 1.69. The third-order valence-electron chi connectivity index (χ3n) is 3.76. The van der Waals surface area contributed by atoms with Gasteiger partial charge in [-0.25, -0.2) is 15.0 Å². The van der Waals surface area contributed by atoms with Gasteiger partial charge in [0.05, 0.1) is 24.1 Å². The van der Waals surface area contributed by atoms with Crippen molar-refractivity contribution in [2.24, 2.45) is 7.05 Å². The Bertz CT molecular complexity index is 962. The van der Waals surface area contributed by atoms with Crippen molar-refractivity contribution in [1.29, 1.82) is 0 Å². The van der Waals surface area contributed by atoms with Crippen molar-refractivity contribution in [1.82, 2.24) is 24.5 Å². The SMILES string of the molecule is Cn1ccnc1-c1cnc(NCc2ccccn2)nc1-c1ccco1. The van der Waals surface area contributed by atoms with E-state index in [-0.39, 0.29) is 0 Å². The summed E-state index contributed by atoms with van der Waals surface area (Å²) in [6, 6.07) is 9.49. The quantitative estimate of drug-likeness (QED) is 0.604. The first kappa shape index (κ1) is 15.1. The molecule has 0 aromatic carbocycles. The van der Waals surface area contributed by atoms with Crippen LogP contribution in [0.4, 0.5) is 5.95 Å². The molecular formula is C18H16N6O. The molecule has 0 unspecified atom stereocenters. The van der Waals surface area contributed by atoms with E-state index in [2.05, 4.69) is 25.3 Å². The number of rotatable bonds is 5. The number of anilines is 1. The second-order valence-electron chi connectivity index (χ2n) is 5.47. The molecule has 0 atom stereocenters.